The molecule has 0 saturated heterocycles. The number of non-ortho nitro benzene ring substituents is 2. The van der Waals surface area contributed by atoms with Gasteiger partial charge < -0.3 is 18.4 Å². The van der Waals surface area contributed by atoms with Crippen molar-refractivity contribution in [2.24, 2.45) is 14.1 Å². The minimum atomic E-state index is -0.487. The molecule has 12 heteroatoms. The molecule has 0 amide bonds. The number of aryl methyl sites for hydroxylation is 3. The molecule has 6 rings (SSSR count). The van der Waals surface area contributed by atoms with Crippen molar-refractivity contribution in [3.05, 3.63) is 85.3 Å². The number of aromatic nitrogens is 4. The monoisotopic (exact) mass is 528 g/mol. The third-order valence-corrected chi connectivity index (χ3v) is 7.56. The molecule has 0 spiro atoms. The maximum atomic E-state index is 13.0. The molecule has 39 heavy (non-hydrogen) atoms. The highest BCUT2D eigenvalue weighted by Gasteiger charge is 2.38. The van der Waals surface area contributed by atoms with Crippen LogP contribution in [0.2, 0.25) is 0 Å². The molecule has 0 radical (unpaired) electrons. The number of benzene rings is 2. The van der Waals surface area contributed by atoms with Gasteiger partial charge in [0.25, 0.3) is 11.4 Å². The molecule has 198 valence electrons. The van der Waals surface area contributed by atoms with Crippen molar-refractivity contribution in [3.63, 3.8) is 0 Å². The summed E-state index contributed by atoms with van der Waals surface area (Å²) < 4.78 is 11.0. The third-order valence-electron chi connectivity index (χ3n) is 7.56. The molecule has 1 aliphatic rings. The highest BCUT2D eigenvalue weighted by atomic mass is 16.6. The number of nitro benzene ring substituents is 2. The number of nitro groups is 2. The van der Waals surface area contributed by atoms with E-state index in [2.05, 4.69) is 0 Å². The molecule has 4 heterocycles. The number of carbonyl (C=O) groups is 1. The quantitative estimate of drug-likeness (QED) is 0.178. The van der Waals surface area contributed by atoms with Crippen molar-refractivity contribution in [2.75, 3.05) is 6.61 Å². The Labute approximate surface area is 221 Å². The molecule has 0 N–H and O–H groups in total. The number of rotatable bonds is 5. The normalized spacial score (nSPS) is 14.4. The number of imidazole rings is 1. The van der Waals surface area contributed by atoms with Crippen LogP contribution in [0, 0.1) is 27.2 Å². The van der Waals surface area contributed by atoms with E-state index in [1.54, 1.807) is 38.1 Å². The lowest BCUT2D eigenvalue weighted by molar-refractivity contribution is -0.384. The van der Waals surface area contributed by atoms with Crippen LogP contribution in [0.4, 0.5) is 11.4 Å². The molecule has 0 fully saturated rings. The van der Waals surface area contributed by atoms with E-state index in [4.69, 9.17) is 9.72 Å². The predicted molar refractivity (Wildman–Crippen MR) is 143 cm³/mol. The molecular weight excluding hydrogens is 504 g/mol. The maximum Gasteiger partial charge on any atom is 0.356 e. The summed E-state index contributed by atoms with van der Waals surface area (Å²) in [5.41, 5.74) is 4.71. The van der Waals surface area contributed by atoms with Crippen molar-refractivity contribution in [1.82, 2.24) is 18.7 Å². The Morgan fingerprint density at radius 1 is 1.05 bits per heavy atom. The second-order valence-corrected chi connectivity index (χ2v) is 9.69. The molecule has 0 saturated carbocycles. The van der Waals surface area contributed by atoms with Crippen LogP contribution < -0.4 is 0 Å². The minimum absolute atomic E-state index is 0.0362. The largest absolute Gasteiger partial charge is 0.461 e. The van der Waals surface area contributed by atoms with E-state index in [1.807, 2.05) is 34.0 Å². The SMILES string of the molecule is CCOC(=O)c1c(C)nc2n1CC(c1cn(C)c3ccc([N+](=O)[O-])cc13)c1c-2n(C)c2ccc([N+](=O)[O-])cc12. The predicted octanol–water partition coefficient (Wildman–Crippen LogP) is 4.98. The van der Waals surface area contributed by atoms with Gasteiger partial charge in [-0.05, 0) is 37.1 Å². The van der Waals surface area contributed by atoms with Gasteiger partial charge in [0, 0.05) is 78.8 Å². The summed E-state index contributed by atoms with van der Waals surface area (Å²) in [5, 5.41) is 24.7. The molecule has 5 aromatic rings. The van der Waals surface area contributed by atoms with Gasteiger partial charge in [0.2, 0.25) is 0 Å². The number of ether oxygens (including phenoxy) is 1. The third kappa shape index (κ3) is 3.44. The molecule has 1 unspecified atom stereocenters. The molecule has 2 aromatic carbocycles. The van der Waals surface area contributed by atoms with Crippen LogP contribution in [0.25, 0.3) is 33.3 Å². The van der Waals surface area contributed by atoms with Gasteiger partial charge in [0.15, 0.2) is 11.5 Å². The average Bonchev–Trinajstić information content (AvgIpc) is 3.51. The van der Waals surface area contributed by atoms with Gasteiger partial charge in [-0.1, -0.05) is 0 Å². The maximum absolute atomic E-state index is 13.0. The lowest BCUT2D eigenvalue weighted by atomic mass is 9.86. The molecule has 1 aliphatic heterocycles. The topological polar surface area (TPSA) is 140 Å². The summed E-state index contributed by atoms with van der Waals surface area (Å²) in [6.45, 7) is 3.99. The molecule has 0 bridgehead atoms. The Hall–Kier alpha value is -5.00. The first-order chi connectivity index (χ1) is 18.6. The number of hydrogen-bond donors (Lipinski definition) is 0. The molecule has 12 nitrogen and oxygen atoms in total. The first kappa shape index (κ1) is 24.3. The Morgan fingerprint density at radius 2 is 1.69 bits per heavy atom. The van der Waals surface area contributed by atoms with Crippen molar-refractivity contribution in [1.29, 1.82) is 0 Å². The van der Waals surface area contributed by atoms with Gasteiger partial charge in [0.05, 0.1) is 27.8 Å². The van der Waals surface area contributed by atoms with Gasteiger partial charge in [-0.25, -0.2) is 9.78 Å². The first-order valence-electron chi connectivity index (χ1n) is 12.4. The summed E-state index contributed by atoms with van der Waals surface area (Å²) in [4.78, 5) is 40.2. The highest BCUT2D eigenvalue weighted by molar-refractivity contribution is 5.97. The minimum Gasteiger partial charge on any atom is -0.461 e. The summed E-state index contributed by atoms with van der Waals surface area (Å²) >= 11 is 0. The van der Waals surface area contributed by atoms with Crippen molar-refractivity contribution < 1.29 is 19.4 Å². The number of hydrogen-bond acceptors (Lipinski definition) is 7. The van der Waals surface area contributed by atoms with E-state index >= 15 is 0 Å². The Morgan fingerprint density at radius 3 is 2.33 bits per heavy atom. The fourth-order valence-corrected chi connectivity index (χ4v) is 5.92. The van der Waals surface area contributed by atoms with Crippen LogP contribution in [0.5, 0.6) is 0 Å². The zero-order valence-corrected chi connectivity index (χ0v) is 21.7. The second kappa shape index (κ2) is 8.51. The van der Waals surface area contributed by atoms with Gasteiger partial charge in [0.1, 0.15) is 0 Å². The van der Waals surface area contributed by atoms with Gasteiger partial charge in [-0.15, -0.1) is 0 Å². The number of fused-ring (bicyclic) bond motifs is 6. The van der Waals surface area contributed by atoms with Gasteiger partial charge >= 0.3 is 5.97 Å². The summed E-state index contributed by atoms with van der Waals surface area (Å²) in [5.74, 6) is -0.320. The first-order valence-corrected chi connectivity index (χ1v) is 12.4. The molecule has 3 aromatic heterocycles. The van der Waals surface area contributed by atoms with Crippen LogP contribution in [0.15, 0.2) is 42.6 Å². The van der Waals surface area contributed by atoms with E-state index in [0.717, 1.165) is 27.9 Å². The van der Waals surface area contributed by atoms with Crippen molar-refractivity contribution >= 4 is 39.1 Å². The fraction of sp³-hybridized carbons (Fsp3) is 0.259. The number of carbonyl (C=O) groups excluding carboxylic acids is 1. The Kier molecular flexibility index (Phi) is 5.31. The number of nitrogens with zero attached hydrogens (tertiary/aromatic N) is 6. The van der Waals surface area contributed by atoms with E-state index in [1.165, 1.54) is 12.1 Å². The van der Waals surface area contributed by atoms with Crippen LogP contribution in [0.3, 0.4) is 0 Å². The Balaban J connectivity index is 1.71. The van der Waals surface area contributed by atoms with E-state index < -0.39 is 21.7 Å². The Bertz CT molecular complexity index is 1880. The van der Waals surface area contributed by atoms with Gasteiger partial charge in [-0.2, -0.15) is 0 Å². The summed E-state index contributed by atoms with van der Waals surface area (Å²) in [7, 11) is 3.73. The van der Waals surface area contributed by atoms with E-state index in [9.17, 15) is 25.0 Å². The standard InChI is InChI=1S/C27H24N6O6/c1-5-39-27(34)24-14(2)28-26-25-23(18-11-16(33(37)38)7-9-22(18)30(25)4)20(13-31(24)26)19-12-29(3)21-8-6-15(32(35)36)10-17(19)21/h6-12,20H,5,13H2,1-4H3. The highest BCUT2D eigenvalue weighted by Crippen LogP contribution is 2.48. The summed E-state index contributed by atoms with van der Waals surface area (Å²) in [6, 6.07) is 9.47. The van der Waals surface area contributed by atoms with Crippen LogP contribution in [0.1, 0.15) is 40.2 Å². The zero-order valence-electron chi connectivity index (χ0n) is 21.7. The lowest BCUT2D eigenvalue weighted by Crippen LogP contribution is -2.22. The smallest absolute Gasteiger partial charge is 0.356 e. The molecule has 0 aliphatic carbocycles. The van der Waals surface area contributed by atoms with Crippen LogP contribution >= 0.6 is 0 Å². The average molecular weight is 529 g/mol. The van der Waals surface area contributed by atoms with Crippen molar-refractivity contribution in [3.8, 4) is 11.5 Å². The lowest BCUT2D eigenvalue weighted by Gasteiger charge is -2.26. The number of esters is 1. The van der Waals surface area contributed by atoms with E-state index in [0.29, 0.717) is 34.5 Å². The van der Waals surface area contributed by atoms with Crippen LogP contribution in [-0.2, 0) is 25.4 Å². The second-order valence-electron chi connectivity index (χ2n) is 9.69. The van der Waals surface area contributed by atoms with Gasteiger partial charge in [-0.3, -0.25) is 20.2 Å². The fourth-order valence-electron chi connectivity index (χ4n) is 5.92. The molecule has 1 atom stereocenters. The summed E-state index contributed by atoms with van der Waals surface area (Å²) in [6.07, 6.45) is 1.93. The van der Waals surface area contributed by atoms with Crippen LogP contribution in [-0.4, -0.2) is 41.1 Å². The van der Waals surface area contributed by atoms with E-state index in [-0.39, 0.29) is 18.0 Å². The van der Waals surface area contributed by atoms with Crippen molar-refractivity contribution in [2.45, 2.75) is 26.3 Å². The zero-order chi connectivity index (χ0) is 27.7. The molecular formula is C27H24N6O6.